The van der Waals surface area contributed by atoms with Crippen LogP contribution in [0.4, 0.5) is 0 Å². The molecular weight excluding hydrogens is 244 g/mol. The van der Waals surface area contributed by atoms with E-state index in [1.54, 1.807) is 24.3 Å². The third-order valence-electron chi connectivity index (χ3n) is 2.98. The third kappa shape index (κ3) is 5.72. The van der Waals surface area contributed by atoms with Crippen LogP contribution in [0.5, 0.6) is 5.75 Å². The average Bonchev–Trinajstić information content (AvgIpc) is 2.39. The van der Waals surface area contributed by atoms with Crippen molar-refractivity contribution in [2.75, 3.05) is 13.2 Å². The van der Waals surface area contributed by atoms with Gasteiger partial charge in [-0.1, -0.05) is 19.1 Å². The zero-order valence-electron chi connectivity index (χ0n) is 11.2. The highest BCUT2D eigenvalue weighted by Crippen LogP contribution is 2.10. The minimum atomic E-state index is -0.606. The third-order valence-corrected chi connectivity index (χ3v) is 2.98. The highest BCUT2D eigenvalue weighted by atomic mass is 16.3. The van der Waals surface area contributed by atoms with Gasteiger partial charge in [-0.2, -0.15) is 0 Å². The topological polar surface area (TPSA) is 95.6 Å². The fourth-order valence-electron chi connectivity index (χ4n) is 1.71. The molecule has 2 atom stereocenters. The number of nitrogens with two attached hydrogens (primary N) is 1. The minimum Gasteiger partial charge on any atom is -0.508 e. The Labute approximate surface area is 113 Å². The van der Waals surface area contributed by atoms with E-state index in [-0.39, 0.29) is 24.2 Å². The second-order valence-electron chi connectivity index (χ2n) is 4.84. The molecule has 0 radical (unpaired) electrons. The number of carbonyl (C=O) groups excluding carboxylic acids is 1. The van der Waals surface area contributed by atoms with E-state index in [0.717, 1.165) is 5.56 Å². The monoisotopic (exact) mass is 266 g/mol. The lowest BCUT2D eigenvalue weighted by Gasteiger charge is -2.15. The maximum atomic E-state index is 11.8. The van der Waals surface area contributed by atoms with Gasteiger partial charge in [0.15, 0.2) is 0 Å². The maximum Gasteiger partial charge on any atom is 0.237 e. The van der Waals surface area contributed by atoms with Gasteiger partial charge >= 0.3 is 0 Å². The predicted molar refractivity (Wildman–Crippen MR) is 73.7 cm³/mol. The maximum absolute atomic E-state index is 11.8. The molecule has 0 saturated heterocycles. The summed E-state index contributed by atoms with van der Waals surface area (Å²) in [5.74, 6) is 0.229. The molecule has 0 saturated carbocycles. The van der Waals surface area contributed by atoms with E-state index >= 15 is 0 Å². The number of benzene rings is 1. The van der Waals surface area contributed by atoms with Crippen LogP contribution < -0.4 is 11.1 Å². The lowest BCUT2D eigenvalue weighted by Crippen LogP contribution is -2.43. The largest absolute Gasteiger partial charge is 0.508 e. The van der Waals surface area contributed by atoms with Gasteiger partial charge in [-0.15, -0.1) is 0 Å². The van der Waals surface area contributed by atoms with E-state index in [1.165, 1.54) is 0 Å². The zero-order chi connectivity index (χ0) is 14.3. The van der Waals surface area contributed by atoms with Gasteiger partial charge in [0.25, 0.3) is 0 Å². The van der Waals surface area contributed by atoms with Gasteiger partial charge in [-0.25, -0.2) is 0 Å². The van der Waals surface area contributed by atoms with E-state index in [1.807, 2.05) is 6.92 Å². The Morgan fingerprint density at radius 1 is 1.37 bits per heavy atom. The van der Waals surface area contributed by atoms with Crippen molar-refractivity contribution in [2.45, 2.75) is 25.8 Å². The van der Waals surface area contributed by atoms with Crippen molar-refractivity contribution >= 4 is 5.91 Å². The molecular formula is C14H22N2O3. The van der Waals surface area contributed by atoms with Crippen LogP contribution >= 0.6 is 0 Å². The van der Waals surface area contributed by atoms with Gasteiger partial charge in [0.1, 0.15) is 5.75 Å². The number of hydrogen-bond acceptors (Lipinski definition) is 4. The molecule has 106 valence electrons. The molecule has 0 aliphatic rings. The van der Waals surface area contributed by atoms with Crippen molar-refractivity contribution in [1.82, 2.24) is 5.32 Å². The number of nitrogens with one attached hydrogen (secondary N) is 1. The molecule has 1 aromatic rings. The smallest absolute Gasteiger partial charge is 0.237 e. The van der Waals surface area contributed by atoms with Crippen molar-refractivity contribution in [2.24, 2.45) is 11.7 Å². The Bertz CT molecular complexity index is 392. The van der Waals surface area contributed by atoms with Gasteiger partial charge < -0.3 is 21.3 Å². The van der Waals surface area contributed by atoms with Crippen molar-refractivity contribution in [3.8, 4) is 5.75 Å². The number of aliphatic hydroxyl groups excluding tert-OH is 1. The van der Waals surface area contributed by atoms with Crippen LogP contribution in [-0.4, -0.2) is 35.3 Å². The average molecular weight is 266 g/mol. The molecule has 0 aliphatic carbocycles. The minimum absolute atomic E-state index is 0.122. The van der Waals surface area contributed by atoms with Crippen LogP contribution in [-0.2, 0) is 11.2 Å². The van der Waals surface area contributed by atoms with E-state index < -0.39 is 6.04 Å². The van der Waals surface area contributed by atoms with Crippen LogP contribution in [0.25, 0.3) is 0 Å². The molecule has 1 aromatic carbocycles. The predicted octanol–water partition coefficient (Wildman–Crippen LogP) is 0.397. The fourth-order valence-corrected chi connectivity index (χ4v) is 1.71. The summed E-state index contributed by atoms with van der Waals surface area (Å²) in [6.07, 6.45) is 1.09. The number of aromatic hydroxyl groups is 1. The van der Waals surface area contributed by atoms with Gasteiger partial charge in [-0.05, 0) is 36.5 Å². The van der Waals surface area contributed by atoms with Crippen molar-refractivity contribution < 1.29 is 15.0 Å². The van der Waals surface area contributed by atoms with Crippen LogP contribution in [0.3, 0.4) is 0 Å². The SMILES string of the molecule is CC(CCO)CNC(=O)[C@H](N)Cc1ccc(O)cc1. The molecule has 1 amide bonds. The first-order chi connectivity index (χ1) is 9.02. The van der Waals surface area contributed by atoms with Crippen LogP contribution in [0.2, 0.25) is 0 Å². The first-order valence-corrected chi connectivity index (χ1v) is 6.45. The molecule has 0 spiro atoms. The Hall–Kier alpha value is -1.59. The second kappa shape index (κ2) is 7.76. The number of carbonyl (C=O) groups is 1. The molecule has 19 heavy (non-hydrogen) atoms. The summed E-state index contributed by atoms with van der Waals surface area (Å²) in [5, 5.41) is 20.7. The highest BCUT2D eigenvalue weighted by Gasteiger charge is 2.14. The van der Waals surface area contributed by atoms with Crippen molar-refractivity contribution in [3.63, 3.8) is 0 Å². The van der Waals surface area contributed by atoms with Crippen LogP contribution in [0, 0.1) is 5.92 Å². The molecule has 0 fully saturated rings. The number of aliphatic hydroxyl groups is 1. The fraction of sp³-hybridized carbons (Fsp3) is 0.500. The van der Waals surface area contributed by atoms with Crippen LogP contribution in [0.15, 0.2) is 24.3 Å². The Balaban J connectivity index is 2.38. The van der Waals surface area contributed by atoms with E-state index in [4.69, 9.17) is 15.9 Å². The molecule has 0 heterocycles. The molecule has 5 N–H and O–H groups in total. The number of rotatable bonds is 7. The Morgan fingerprint density at radius 2 is 2.00 bits per heavy atom. The molecule has 0 aliphatic heterocycles. The first-order valence-electron chi connectivity index (χ1n) is 6.45. The quantitative estimate of drug-likeness (QED) is 0.574. The summed E-state index contributed by atoms with van der Waals surface area (Å²) in [4.78, 5) is 11.8. The normalized spacial score (nSPS) is 13.8. The summed E-state index contributed by atoms with van der Waals surface area (Å²) in [7, 11) is 0. The summed E-state index contributed by atoms with van der Waals surface area (Å²) >= 11 is 0. The standard InChI is InChI=1S/C14H22N2O3/c1-10(6-7-17)9-16-14(19)13(15)8-11-2-4-12(18)5-3-11/h2-5,10,13,17-18H,6-9,15H2,1H3,(H,16,19)/t10?,13-/m1/s1. The van der Waals surface area contributed by atoms with Crippen LogP contribution in [0.1, 0.15) is 18.9 Å². The molecule has 1 rings (SSSR count). The second-order valence-corrected chi connectivity index (χ2v) is 4.84. The van der Waals surface area contributed by atoms with E-state index in [2.05, 4.69) is 5.32 Å². The van der Waals surface area contributed by atoms with E-state index in [9.17, 15) is 4.79 Å². The Kier molecular flexibility index (Phi) is 6.32. The molecule has 5 heteroatoms. The van der Waals surface area contributed by atoms with Gasteiger partial charge in [0, 0.05) is 13.2 Å². The lowest BCUT2D eigenvalue weighted by atomic mass is 10.1. The Morgan fingerprint density at radius 3 is 2.58 bits per heavy atom. The summed E-state index contributed by atoms with van der Waals surface area (Å²) in [6, 6.07) is 6.03. The zero-order valence-corrected chi connectivity index (χ0v) is 11.2. The van der Waals surface area contributed by atoms with E-state index in [0.29, 0.717) is 19.4 Å². The lowest BCUT2D eigenvalue weighted by molar-refractivity contribution is -0.122. The van der Waals surface area contributed by atoms with Crippen molar-refractivity contribution in [3.05, 3.63) is 29.8 Å². The van der Waals surface area contributed by atoms with Crippen molar-refractivity contribution in [1.29, 1.82) is 0 Å². The summed E-state index contributed by atoms with van der Waals surface area (Å²) < 4.78 is 0. The number of phenolic OH excluding ortho intramolecular Hbond substituents is 1. The summed E-state index contributed by atoms with van der Waals surface area (Å²) in [5.41, 5.74) is 6.73. The number of phenols is 1. The molecule has 0 aromatic heterocycles. The highest BCUT2D eigenvalue weighted by molar-refractivity contribution is 5.81. The van der Waals surface area contributed by atoms with Gasteiger partial charge in [-0.3, -0.25) is 4.79 Å². The number of hydrogen-bond donors (Lipinski definition) is 4. The summed E-state index contributed by atoms with van der Waals surface area (Å²) in [6.45, 7) is 2.60. The number of amides is 1. The molecule has 1 unspecified atom stereocenters. The van der Waals surface area contributed by atoms with Gasteiger partial charge in [0.05, 0.1) is 6.04 Å². The molecule has 0 bridgehead atoms. The first kappa shape index (κ1) is 15.5. The van der Waals surface area contributed by atoms with Gasteiger partial charge in [0.2, 0.25) is 5.91 Å². The molecule has 5 nitrogen and oxygen atoms in total.